The number of ketones is 3. The molecule has 0 amide bonds. The topological polar surface area (TPSA) is 51.2 Å². The molecule has 0 radical (unpaired) electrons. The van der Waals surface area contributed by atoms with Gasteiger partial charge in [-0.2, -0.15) is 0 Å². The first-order valence-electron chi connectivity index (χ1n) is 42.7. The quantitative estimate of drug-likeness (QED) is 0.122. The van der Waals surface area contributed by atoms with Gasteiger partial charge in [-0.15, -0.1) is 0 Å². The van der Waals surface area contributed by atoms with E-state index in [1.165, 1.54) is 134 Å². The van der Waals surface area contributed by atoms with Crippen molar-refractivity contribution in [2.45, 2.75) is 154 Å². The Morgan fingerprint density at radius 3 is 0.325 bits per heavy atom. The van der Waals surface area contributed by atoms with Crippen molar-refractivity contribution in [2.75, 3.05) is 0 Å². The number of aryl methyl sites for hydroxylation is 12. The molecule has 18 atom stereocenters. The fraction of sp³-hybridized carbons (Fsp3) is 0.324. The summed E-state index contributed by atoms with van der Waals surface area (Å²) in [5.74, 6) is -7.81. The zero-order valence-electron chi connectivity index (χ0n) is 68.3. The van der Waals surface area contributed by atoms with Crippen molar-refractivity contribution in [3.05, 3.63) is 425 Å². The van der Waals surface area contributed by atoms with E-state index in [-0.39, 0.29) is 106 Å². The second-order valence-electron chi connectivity index (χ2n) is 37.1. The lowest BCUT2D eigenvalue weighted by Gasteiger charge is -2.56. The number of carbonyl (C=O) groups excluding carboxylic acids is 3. The molecule has 3 nitrogen and oxygen atoms in total. The van der Waals surface area contributed by atoms with Gasteiger partial charge >= 0.3 is 0 Å². The predicted molar refractivity (Wildman–Crippen MR) is 464 cm³/mol. The largest absolute Gasteiger partial charge is 0.299 e. The molecule has 0 saturated heterocycles. The highest BCUT2D eigenvalue weighted by Gasteiger charge is 2.80. The van der Waals surface area contributed by atoms with Crippen LogP contribution >= 0.6 is 0 Å². The van der Waals surface area contributed by atoms with Gasteiger partial charge in [-0.25, -0.2) is 0 Å². The normalized spacial score (nSPS) is 31.2. The SMILES string of the molecule is Cc1ccc(C2C3C(=O)C4C(C5C(=O)C6C(c7ccc(C)cc7)C(c7ccc(C)cc7)C(c7ccc(C)cc7)C(c7ccc(C)cc7)C6C5C5C(=O)C6C(c7ccc(C)cc7)C(c7ccc(C)cc7)C(c7ccc(C)cc7)C(c7ccc(C)cc7)C6C45)C3C(c3ccc(C)cc3)C(c3ccc(C)cc3)C2c2ccc(C)cc2)cc1. The van der Waals surface area contributed by atoms with Gasteiger partial charge in [-0.1, -0.05) is 358 Å². The molecule has 0 aromatic heterocycles. The minimum atomic E-state index is -0.664. The van der Waals surface area contributed by atoms with Crippen molar-refractivity contribution in [1.29, 1.82) is 0 Å². The Morgan fingerprint density at radius 2 is 0.202 bits per heavy atom. The minimum Gasteiger partial charge on any atom is -0.299 e. The van der Waals surface area contributed by atoms with Gasteiger partial charge in [0.15, 0.2) is 0 Å². The summed E-state index contributed by atoms with van der Waals surface area (Å²) in [4.78, 5) is 57.7. The van der Waals surface area contributed by atoms with E-state index in [0.717, 1.165) is 0 Å². The third-order valence-corrected chi connectivity index (χ3v) is 30.5. The Morgan fingerprint density at radius 1 is 0.114 bits per heavy atom. The second kappa shape index (κ2) is 29.2. The van der Waals surface area contributed by atoms with Crippen molar-refractivity contribution in [2.24, 2.45) is 71.0 Å². The summed E-state index contributed by atoms with van der Waals surface area (Å²) >= 11 is 0. The van der Waals surface area contributed by atoms with Crippen LogP contribution in [-0.2, 0) is 14.4 Å². The number of hydrogen-bond acceptors (Lipinski definition) is 3. The van der Waals surface area contributed by atoms with E-state index in [2.05, 4.69) is 374 Å². The van der Waals surface area contributed by atoms with Crippen molar-refractivity contribution in [3.8, 4) is 0 Å². The first-order chi connectivity index (χ1) is 55.3. The average molecular weight is 1490 g/mol. The molecular formula is C111H108O3. The molecule has 114 heavy (non-hydrogen) atoms. The highest BCUT2D eigenvalue weighted by molar-refractivity contribution is 5.99. The maximum Gasteiger partial charge on any atom is 0.140 e. The lowest BCUT2D eigenvalue weighted by atomic mass is 9.46. The molecule has 0 aliphatic heterocycles. The molecular weight excluding hydrogens is 1380 g/mol. The molecule has 18 unspecified atom stereocenters. The molecule has 19 rings (SSSR count). The van der Waals surface area contributed by atoms with Crippen molar-refractivity contribution < 1.29 is 14.4 Å². The van der Waals surface area contributed by atoms with Crippen molar-refractivity contribution in [3.63, 3.8) is 0 Å². The molecule has 0 spiro atoms. The van der Waals surface area contributed by atoms with Gasteiger partial charge in [0.05, 0.1) is 0 Å². The van der Waals surface area contributed by atoms with Crippen LogP contribution in [0.5, 0.6) is 0 Å². The maximum atomic E-state index is 19.2. The van der Waals surface area contributed by atoms with Gasteiger partial charge < -0.3 is 0 Å². The summed E-state index contributed by atoms with van der Waals surface area (Å²) in [7, 11) is 0. The zero-order valence-corrected chi connectivity index (χ0v) is 68.3. The molecule has 7 saturated carbocycles. The Hall–Kier alpha value is -10.4. The molecule has 7 aliphatic rings. The van der Waals surface area contributed by atoms with E-state index in [1.54, 1.807) is 0 Å². The lowest BCUT2D eigenvalue weighted by Crippen LogP contribution is -2.52. The summed E-state index contributed by atoms with van der Waals surface area (Å²) < 4.78 is 0. The fourth-order valence-corrected chi connectivity index (χ4v) is 25.8. The van der Waals surface area contributed by atoms with Crippen LogP contribution in [-0.4, -0.2) is 17.3 Å². The Balaban J connectivity index is 0.971. The Kier molecular flexibility index (Phi) is 18.9. The van der Waals surface area contributed by atoms with Crippen LogP contribution < -0.4 is 0 Å². The molecule has 0 bridgehead atoms. The molecule has 12 aromatic rings. The highest BCUT2D eigenvalue weighted by atomic mass is 16.1. The van der Waals surface area contributed by atoms with Crippen LogP contribution in [0.25, 0.3) is 0 Å². The summed E-state index contributed by atoms with van der Waals surface area (Å²) in [6.45, 7) is 26.4. The van der Waals surface area contributed by atoms with Gasteiger partial charge in [0.25, 0.3) is 0 Å². The van der Waals surface area contributed by atoms with Crippen molar-refractivity contribution in [1.82, 2.24) is 0 Å². The lowest BCUT2D eigenvalue weighted by molar-refractivity contribution is -0.139. The Labute approximate surface area is 677 Å². The first-order valence-corrected chi connectivity index (χ1v) is 42.7. The Bertz CT molecular complexity index is 4970. The molecule has 570 valence electrons. The number of fused-ring (bicyclic) bond motifs is 12. The van der Waals surface area contributed by atoms with Gasteiger partial charge in [-0.05, 0) is 239 Å². The summed E-state index contributed by atoms with van der Waals surface area (Å²) in [6, 6.07) is 113. The molecule has 3 heteroatoms. The first kappa shape index (κ1) is 73.8. The summed E-state index contributed by atoms with van der Waals surface area (Å²) in [5, 5.41) is 0. The van der Waals surface area contributed by atoms with Crippen LogP contribution in [0.3, 0.4) is 0 Å². The van der Waals surface area contributed by atoms with E-state index >= 15 is 14.4 Å². The minimum absolute atomic E-state index is 0.150. The third-order valence-electron chi connectivity index (χ3n) is 30.5. The van der Waals surface area contributed by atoms with Gasteiger partial charge in [0.1, 0.15) is 17.3 Å². The van der Waals surface area contributed by atoms with Crippen LogP contribution in [0.15, 0.2) is 291 Å². The van der Waals surface area contributed by atoms with E-state index in [0.29, 0.717) is 0 Å². The smallest absolute Gasteiger partial charge is 0.140 e. The fourth-order valence-electron chi connectivity index (χ4n) is 25.8. The third kappa shape index (κ3) is 12.3. The second-order valence-corrected chi connectivity index (χ2v) is 37.1. The van der Waals surface area contributed by atoms with E-state index in [4.69, 9.17) is 0 Å². The molecule has 12 aromatic carbocycles. The molecule has 7 aliphatic carbocycles. The van der Waals surface area contributed by atoms with E-state index in [9.17, 15) is 0 Å². The number of rotatable bonds is 12. The maximum absolute atomic E-state index is 19.2. The van der Waals surface area contributed by atoms with E-state index in [1.807, 2.05) is 0 Å². The van der Waals surface area contributed by atoms with E-state index < -0.39 is 53.3 Å². The average Bonchev–Trinajstić information content (AvgIpc) is 1.48. The number of hydrogen-bond donors (Lipinski definition) is 0. The monoisotopic (exact) mass is 1490 g/mol. The summed E-state index contributed by atoms with van der Waals surface area (Å²) in [6.07, 6.45) is 0. The zero-order chi connectivity index (χ0) is 78.4. The van der Waals surface area contributed by atoms with Crippen LogP contribution in [0, 0.1) is 154 Å². The predicted octanol–water partition coefficient (Wildman–Crippen LogP) is 25.3. The molecule has 7 fully saturated rings. The van der Waals surface area contributed by atoms with Crippen LogP contribution in [0.1, 0.15) is 205 Å². The highest BCUT2D eigenvalue weighted by Crippen LogP contribution is 2.81. The molecule has 0 N–H and O–H groups in total. The number of Topliss-reactive ketones (excluding diaryl/α,β-unsaturated/α-hetero) is 3. The number of benzene rings is 12. The van der Waals surface area contributed by atoms with Gasteiger partial charge in [0.2, 0.25) is 0 Å². The van der Waals surface area contributed by atoms with Crippen LogP contribution in [0.2, 0.25) is 0 Å². The van der Waals surface area contributed by atoms with Gasteiger partial charge in [-0.3, -0.25) is 14.4 Å². The standard InChI is InChI=1S/C111H108O3/c1-61-13-37-73(38-14-61)85-88(76-43-19-64(4)20-44-76)94(82-55-31-70(10)32-56-82)103-97(91(85)79-49-25-67(7)26-50-79)100-106(109(103)112)101-98-92(80-51-27-68(8)28-52-80)87(75-41-17-63(3)18-42-75)90(78-47-23-66(6)24-48-78)96(84-59-35-72(12)36-60-84)105(98)111(114)108(101)102-99-93(81-53-29-69(9)30-54-81)86(74-39-15-62(2)16-40-74)89(77-45-21-65(5)22-46-77)95(104(99)110(113)107(100)102)83-57-33-71(11)34-58-83/h13-60,85-108H,1-12H3. The van der Waals surface area contributed by atoms with Crippen molar-refractivity contribution >= 4 is 17.3 Å². The van der Waals surface area contributed by atoms with Crippen LogP contribution in [0.4, 0.5) is 0 Å². The summed E-state index contributed by atoms with van der Waals surface area (Å²) in [5.41, 5.74) is 28.9. The van der Waals surface area contributed by atoms with Gasteiger partial charge in [0, 0.05) is 53.3 Å². The molecule has 0 heterocycles. The number of carbonyl (C=O) groups is 3.